The molecule has 1 aliphatic rings. The molecule has 1 aliphatic heterocycles. The third-order valence-corrected chi connectivity index (χ3v) is 6.80. The molecule has 0 spiro atoms. The molecule has 1 unspecified atom stereocenters. The Bertz CT molecular complexity index is 1280. The van der Waals surface area contributed by atoms with Crippen molar-refractivity contribution in [2.24, 2.45) is 5.92 Å². The van der Waals surface area contributed by atoms with E-state index >= 15 is 0 Å². The molecule has 184 valence electrons. The van der Waals surface area contributed by atoms with Crippen molar-refractivity contribution in [1.29, 1.82) is 0 Å². The van der Waals surface area contributed by atoms with Crippen molar-refractivity contribution in [2.75, 3.05) is 13.7 Å². The number of aryl methyl sites for hydroxylation is 2. The van der Waals surface area contributed by atoms with Gasteiger partial charge < -0.3 is 19.5 Å². The van der Waals surface area contributed by atoms with E-state index in [1.165, 1.54) is 24.3 Å². The molecule has 0 aliphatic carbocycles. The number of nitrogens with zero attached hydrogens (tertiary/aromatic N) is 3. The zero-order valence-corrected chi connectivity index (χ0v) is 21.8. The number of nitrogens with one attached hydrogen (secondary N) is 1. The summed E-state index contributed by atoms with van der Waals surface area (Å²) in [5, 5.41) is 8.34. The largest absolute Gasteiger partial charge is 0.494 e. The molecule has 0 amide bonds. The van der Waals surface area contributed by atoms with Gasteiger partial charge in [-0.25, -0.2) is 4.39 Å². The highest BCUT2D eigenvalue weighted by Crippen LogP contribution is 2.38. The highest BCUT2D eigenvalue weighted by Gasteiger charge is 2.34. The average molecular weight is 495 g/mol. The van der Waals surface area contributed by atoms with E-state index in [0.29, 0.717) is 28.3 Å². The van der Waals surface area contributed by atoms with E-state index < -0.39 is 5.82 Å². The van der Waals surface area contributed by atoms with E-state index in [-0.39, 0.29) is 11.8 Å². The second kappa shape index (κ2) is 10.2. The third-order valence-electron chi connectivity index (χ3n) is 6.46. The summed E-state index contributed by atoms with van der Waals surface area (Å²) in [6.07, 6.45) is 0.987. The first-order valence-electron chi connectivity index (χ1n) is 11.7. The third kappa shape index (κ3) is 5.07. The molecule has 0 saturated carbocycles. The van der Waals surface area contributed by atoms with Crippen molar-refractivity contribution < 1.29 is 13.7 Å². The van der Waals surface area contributed by atoms with Crippen molar-refractivity contribution >= 4 is 22.9 Å². The fourth-order valence-corrected chi connectivity index (χ4v) is 4.51. The maximum absolute atomic E-state index is 14.3. The maximum atomic E-state index is 14.3. The van der Waals surface area contributed by atoms with E-state index in [9.17, 15) is 4.39 Å². The highest BCUT2D eigenvalue weighted by atomic mass is 32.1. The Morgan fingerprint density at radius 1 is 1.14 bits per heavy atom. The lowest BCUT2D eigenvalue weighted by atomic mass is 9.92. The number of ether oxygens (including phenoxy) is 1. The maximum Gasteiger partial charge on any atom is 0.258 e. The van der Waals surface area contributed by atoms with E-state index in [2.05, 4.69) is 66.3 Å². The molecular formula is C27H31FN4O2S. The fraction of sp³-hybridized carbons (Fsp3) is 0.370. The normalized spacial score (nSPS) is 16.2. The van der Waals surface area contributed by atoms with Crippen molar-refractivity contribution in [3.63, 3.8) is 0 Å². The molecule has 2 aromatic carbocycles. The van der Waals surface area contributed by atoms with Gasteiger partial charge in [0.25, 0.3) is 5.89 Å². The van der Waals surface area contributed by atoms with Gasteiger partial charge in [-0.15, -0.1) is 0 Å². The van der Waals surface area contributed by atoms with Gasteiger partial charge in [0.05, 0.1) is 18.7 Å². The summed E-state index contributed by atoms with van der Waals surface area (Å²) in [4.78, 5) is 6.76. The molecule has 1 atom stereocenters. The molecule has 1 aromatic heterocycles. The van der Waals surface area contributed by atoms with Crippen LogP contribution in [0, 0.1) is 25.6 Å². The summed E-state index contributed by atoms with van der Waals surface area (Å²) in [6.45, 7) is 11.4. The van der Waals surface area contributed by atoms with Crippen LogP contribution < -0.4 is 10.1 Å². The number of methoxy groups -OCH3 is 1. The van der Waals surface area contributed by atoms with Crippen LogP contribution in [0.3, 0.4) is 0 Å². The van der Waals surface area contributed by atoms with Gasteiger partial charge in [0, 0.05) is 17.8 Å². The minimum atomic E-state index is -0.482. The summed E-state index contributed by atoms with van der Waals surface area (Å²) in [7, 11) is 1.43. The molecule has 35 heavy (non-hydrogen) atoms. The molecule has 4 rings (SSSR count). The van der Waals surface area contributed by atoms with Crippen LogP contribution in [-0.4, -0.2) is 33.8 Å². The molecule has 0 fully saturated rings. The molecule has 0 radical (unpaired) electrons. The van der Waals surface area contributed by atoms with Gasteiger partial charge in [-0.05, 0) is 80.2 Å². The number of rotatable bonds is 7. The molecule has 6 nitrogen and oxygen atoms in total. The van der Waals surface area contributed by atoms with Crippen LogP contribution >= 0.6 is 12.2 Å². The van der Waals surface area contributed by atoms with Crippen LogP contribution in [0.2, 0.25) is 0 Å². The quantitative estimate of drug-likeness (QED) is 0.392. The van der Waals surface area contributed by atoms with Crippen LogP contribution in [-0.2, 0) is 0 Å². The lowest BCUT2D eigenvalue weighted by molar-refractivity contribution is 0.386. The number of hydrogen-bond acceptors (Lipinski definition) is 5. The Balaban J connectivity index is 1.79. The summed E-state index contributed by atoms with van der Waals surface area (Å²) in [6, 6.07) is 10.7. The summed E-state index contributed by atoms with van der Waals surface area (Å²) < 4.78 is 25.1. The molecule has 0 saturated heterocycles. The van der Waals surface area contributed by atoms with Crippen molar-refractivity contribution in [3.05, 3.63) is 70.5 Å². The van der Waals surface area contributed by atoms with E-state index in [1.807, 2.05) is 6.92 Å². The average Bonchev–Trinajstić information content (AvgIpc) is 3.30. The molecule has 0 bridgehead atoms. The van der Waals surface area contributed by atoms with Gasteiger partial charge in [0.1, 0.15) is 0 Å². The van der Waals surface area contributed by atoms with Gasteiger partial charge in [0.15, 0.2) is 16.7 Å². The second-order valence-corrected chi connectivity index (χ2v) is 9.72. The first-order valence-corrected chi connectivity index (χ1v) is 12.1. The molecule has 1 N–H and O–H groups in total. The first-order chi connectivity index (χ1) is 16.7. The Morgan fingerprint density at radius 2 is 1.91 bits per heavy atom. The number of thiocarbonyl (C=S) groups is 1. The first kappa shape index (κ1) is 24.9. The smallest absolute Gasteiger partial charge is 0.258 e. The van der Waals surface area contributed by atoms with E-state index in [4.69, 9.17) is 21.5 Å². The second-order valence-electron chi connectivity index (χ2n) is 9.33. The standard InChI is InChI=1S/C27H31FN4O2S/c1-15(2)11-12-32-18(5)23(24(29-27(32)35)19-8-7-16(3)17(4)13-19)26-30-25(31-34-26)20-9-10-22(33-6)21(28)14-20/h7-10,13-15,24H,11-12H2,1-6H3,(H,29,35). The fourth-order valence-electron chi connectivity index (χ4n) is 4.16. The number of benzene rings is 2. The van der Waals surface area contributed by atoms with Crippen LogP contribution in [0.1, 0.15) is 55.8 Å². The van der Waals surface area contributed by atoms with Gasteiger partial charge in [-0.3, -0.25) is 0 Å². The Hall–Kier alpha value is -3.26. The van der Waals surface area contributed by atoms with Crippen LogP contribution in [0.15, 0.2) is 46.6 Å². The number of halogens is 1. The Morgan fingerprint density at radius 3 is 2.57 bits per heavy atom. The zero-order valence-electron chi connectivity index (χ0n) is 21.0. The van der Waals surface area contributed by atoms with E-state index in [1.54, 1.807) is 12.1 Å². The van der Waals surface area contributed by atoms with Gasteiger partial charge in [-0.1, -0.05) is 37.2 Å². The SMILES string of the molecule is COc1ccc(-c2noc(C3=C(C)N(CCC(C)C)C(=S)NC3c3ccc(C)c(C)c3)n2)cc1F. The minimum Gasteiger partial charge on any atom is -0.494 e. The molecular weight excluding hydrogens is 463 g/mol. The van der Waals surface area contributed by atoms with E-state index in [0.717, 1.165) is 29.8 Å². The molecule has 2 heterocycles. The van der Waals surface area contributed by atoms with Crippen molar-refractivity contribution in [1.82, 2.24) is 20.4 Å². The minimum absolute atomic E-state index is 0.164. The summed E-state index contributed by atoms with van der Waals surface area (Å²) in [5.74, 6) is 0.900. The molecule has 3 aromatic rings. The predicted octanol–water partition coefficient (Wildman–Crippen LogP) is 6.21. The topological polar surface area (TPSA) is 63.4 Å². The van der Waals surface area contributed by atoms with Gasteiger partial charge in [-0.2, -0.15) is 4.98 Å². The zero-order chi connectivity index (χ0) is 25.3. The van der Waals surface area contributed by atoms with Crippen molar-refractivity contribution in [2.45, 2.75) is 47.1 Å². The predicted molar refractivity (Wildman–Crippen MR) is 139 cm³/mol. The summed E-state index contributed by atoms with van der Waals surface area (Å²) >= 11 is 5.78. The van der Waals surface area contributed by atoms with Gasteiger partial charge >= 0.3 is 0 Å². The Kier molecular flexibility index (Phi) is 7.21. The monoisotopic (exact) mass is 494 g/mol. The number of aromatic nitrogens is 2. The number of hydrogen-bond donors (Lipinski definition) is 1. The lowest BCUT2D eigenvalue weighted by Crippen LogP contribution is -2.46. The highest BCUT2D eigenvalue weighted by molar-refractivity contribution is 7.80. The molecule has 8 heteroatoms. The number of allylic oxidation sites excluding steroid dienone is 1. The summed E-state index contributed by atoms with van der Waals surface area (Å²) in [5.41, 5.74) is 5.80. The lowest BCUT2D eigenvalue weighted by Gasteiger charge is -2.37. The van der Waals surface area contributed by atoms with Crippen LogP contribution in [0.4, 0.5) is 4.39 Å². The van der Waals surface area contributed by atoms with Crippen LogP contribution in [0.25, 0.3) is 17.0 Å². The van der Waals surface area contributed by atoms with Crippen molar-refractivity contribution in [3.8, 4) is 17.1 Å². The Labute approximate surface area is 211 Å². The van der Waals surface area contributed by atoms with Crippen LogP contribution in [0.5, 0.6) is 5.75 Å². The van der Waals surface area contributed by atoms with Gasteiger partial charge in [0.2, 0.25) is 5.82 Å².